The van der Waals surface area contributed by atoms with Crippen LogP contribution in [-0.4, -0.2) is 16.2 Å². The maximum atomic E-state index is 9.82. The van der Waals surface area contributed by atoms with E-state index in [9.17, 15) is 4.89 Å². The molecule has 0 radical (unpaired) electrons. The van der Waals surface area contributed by atoms with Crippen LogP contribution in [0.3, 0.4) is 0 Å². The molecule has 0 rings (SSSR count). The van der Waals surface area contributed by atoms with E-state index in [1.807, 2.05) is 13.8 Å². The molecule has 15 heavy (non-hydrogen) atoms. The molecule has 0 aliphatic heterocycles. The van der Waals surface area contributed by atoms with Gasteiger partial charge >= 0.3 is 0 Å². The van der Waals surface area contributed by atoms with Gasteiger partial charge in [0.15, 0.2) is 0 Å². The minimum atomic E-state index is -2.59. The summed E-state index contributed by atoms with van der Waals surface area (Å²) in [6.45, 7) is 8.06. The molecule has 2 unspecified atom stereocenters. The summed E-state index contributed by atoms with van der Waals surface area (Å²) in [7, 11) is 0. The summed E-state index contributed by atoms with van der Waals surface area (Å²) in [6, 6.07) is 0. The summed E-state index contributed by atoms with van der Waals surface area (Å²) >= 11 is 6.48. The van der Waals surface area contributed by atoms with Gasteiger partial charge in [-0.05, 0) is 32.1 Å². The van der Waals surface area contributed by atoms with Crippen molar-refractivity contribution >= 4 is 28.9 Å². The molecule has 0 bridgehead atoms. The van der Waals surface area contributed by atoms with Crippen LogP contribution < -0.4 is 0 Å². The molecule has 0 saturated heterocycles. The van der Waals surface area contributed by atoms with Crippen molar-refractivity contribution in [1.82, 2.24) is 0 Å². The van der Waals surface area contributed by atoms with Gasteiger partial charge in [0.25, 0.3) is 0 Å². The van der Waals surface area contributed by atoms with Crippen LogP contribution in [0.1, 0.15) is 47.0 Å². The van der Waals surface area contributed by atoms with Crippen LogP contribution in [0.5, 0.6) is 0 Å². The van der Waals surface area contributed by atoms with E-state index in [1.165, 1.54) is 24.2 Å². The zero-order valence-corrected chi connectivity index (χ0v) is 15.6. The summed E-state index contributed by atoms with van der Waals surface area (Å²) < 4.78 is 5.33. The van der Waals surface area contributed by atoms with E-state index < -0.39 is 5.69 Å². The first-order valence-corrected chi connectivity index (χ1v) is 9.22. The number of hydrogen-bond acceptors (Lipinski definition) is 3. The molecule has 0 aromatic carbocycles. The Balaban J connectivity index is 0. The van der Waals surface area contributed by atoms with Crippen molar-refractivity contribution in [3.05, 3.63) is 0 Å². The Labute approximate surface area is 116 Å². The predicted molar refractivity (Wildman–Crippen MR) is 69.3 cm³/mol. The molecule has 0 aromatic rings. The summed E-state index contributed by atoms with van der Waals surface area (Å²) in [5.74, 6) is 0. The van der Waals surface area contributed by atoms with Crippen LogP contribution in [0, 0.1) is 0 Å². The van der Waals surface area contributed by atoms with Crippen LogP contribution in [0.4, 0.5) is 0 Å². The van der Waals surface area contributed by atoms with Crippen molar-refractivity contribution in [1.29, 1.82) is 0 Å². The molecular formula is C9H21O2PS2Zn. The van der Waals surface area contributed by atoms with Gasteiger partial charge in [-0.1, -0.05) is 38.1 Å². The Hall–Kier alpha value is 1.54. The first-order chi connectivity index (χ1) is 6.37. The molecule has 2 nitrogen and oxygen atoms in total. The monoisotopic (exact) mass is 320 g/mol. The second-order valence-corrected chi connectivity index (χ2v) is 10.1. The molecule has 0 aliphatic carbocycles. The van der Waals surface area contributed by atoms with E-state index in [0.29, 0.717) is 5.25 Å². The van der Waals surface area contributed by atoms with Gasteiger partial charge in [0, 0.05) is 24.7 Å². The smallest absolute Gasteiger partial charge is 0.245 e. The SMILES string of the molecule is CCCCC(C)SP(O)(=S)OC(C)C.[Zn]. The minimum Gasteiger partial charge on any atom is -0.337 e. The molecule has 1 N–H and O–H groups in total. The average Bonchev–Trinajstić information content (AvgIpc) is 1.96. The van der Waals surface area contributed by atoms with Gasteiger partial charge in [0.05, 0.1) is 6.10 Å². The Kier molecular flexibility index (Phi) is 12.0. The number of unbranched alkanes of at least 4 members (excludes halogenated alkanes) is 1. The van der Waals surface area contributed by atoms with Gasteiger partial charge in [0.2, 0.25) is 5.69 Å². The molecule has 6 heteroatoms. The van der Waals surface area contributed by atoms with Crippen molar-refractivity contribution < 1.29 is 28.9 Å². The molecule has 0 amide bonds. The third kappa shape index (κ3) is 11.8. The Bertz CT molecular complexity index is 203. The molecule has 0 fully saturated rings. The largest absolute Gasteiger partial charge is 0.337 e. The van der Waals surface area contributed by atoms with Crippen LogP contribution in [0.2, 0.25) is 0 Å². The van der Waals surface area contributed by atoms with Crippen molar-refractivity contribution in [2.75, 3.05) is 0 Å². The number of rotatable bonds is 7. The van der Waals surface area contributed by atoms with Crippen molar-refractivity contribution in [2.24, 2.45) is 0 Å². The first kappa shape index (κ1) is 18.9. The standard InChI is InChI=1S/C9H21O2PS2.Zn/c1-5-6-7-9(4)14-12(10,13)11-8(2)3;/h8-9H,5-7H2,1-4H3,(H,10,13);. The zero-order chi connectivity index (χ0) is 11.2. The van der Waals surface area contributed by atoms with Crippen molar-refractivity contribution in [3.8, 4) is 0 Å². The fourth-order valence-corrected chi connectivity index (χ4v) is 6.56. The normalized spacial score (nSPS) is 16.9. The molecule has 0 saturated carbocycles. The second-order valence-electron chi connectivity index (χ2n) is 3.68. The second kappa shape index (κ2) is 9.56. The third-order valence-corrected chi connectivity index (χ3v) is 6.34. The van der Waals surface area contributed by atoms with Gasteiger partial charge < -0.3 is 9.42 Å². The van der Waals surface area contributed by atoms with Gasteiger partial charge in [-0.25, -0.2) is 0 Å². The van der Waals surface area contributed by atoms with Gasteiger partial charge in [-0.2, -0.15) is 0 Å². The fourth-order valence-electron chi connectivity index (χ4n) is 1.06. The molecule has 2 atom stereocenters. The molecule has 88 valence electrons. The molecule has 0 aromatic heterocycles. The minimum absolute atomic E-state index is 0. The van der Waals surface area contributed by atoms with Crippen molar-refractivity contribution in [2.45, 2.75) is 58.3 Å². The maximum absolute atomic E-state index is 9.82. The maximum Gasteiger partial charge on any atom is 0.245 e. The van der Waals surface area contributed by atoms with Gasteiger partial charge in [-0.15, -0.1) is 0 Å². The van der Waals surface area contributed by atoms with E-state index in [4.69, 9.17) is 16.3 Å². The Morgan fingerprint density at radius 1 is 1.40 bits per heavy atom. The summed E-state index contributed by atoms with van der Waals surface area (Å²) in [5.41, 5.74) is -2.59. The zero-order valence-electron chi connectivity index (χ0n) is 10.1. The van der Waals surface area contributed by atoms with Gasteiger partial charge in [-0.3, -0.25) is 0 Å². The quantitative estimate of drug-likeness (QED) is 0.568. The molecule has 0 aliphatic rings. The molecule has 0 heterocycles. The molecule has 0 spiro atoms. The van der Waals surface area contributed by atoms with Crippen LogP contribution in [0.15, 0.2) is 0 Å². The van der Waals surface area contributed by atoms with Crippen LogP contribution in [-0.2, 0) is 35.8 Å². The first-order valence-electron chi connectivity index (χ1n) is 5.07. The van der Waals surface area contributed by atoms with E-state index in [1.54, 1.807) is 0 Å². The van der Waals surface area contributed by atoms with E-state index >= 15 is 0 Å². The van der Waals surface area contributed by atoms with Crippen LogP contribution >= 0.6 is 17.1 Å². The summed E-state index contributed by atoms with van der Waals surface area (Å²) in [5, 5.41) is 0.393. The predicted octanol–water partition coefficient (Wildman–Crippen LogP) is 3.94. The van der Waals surface area contributed by atoms with E-state index in [2.05, 4.69) is 13.8 Å². The van der Waals surface area contributed by atoms with E-state index in [-0.39, 0.29) is 25.6 Å². The topological polar surface area (TPSA) is 29.5 Å². The van der Waals surface area contributed by atoms with Gasteiger partial charge in [0.1, 0.15) is 0 Å². The molecular weight excluding hydrogens is 301 g/mol. The van der Waals surface area contributed by atoms with Crippen molar-refractivity contribution in [3.63, 3.8) is 0 Å². The Morgan fingerprint density at radius 2 is 1.93 bits per heavy atom. The summed E-state index contributed by atoms with van der Waals surface area (Å²) in [4.78, 5) is 9.82. The average molecular weight is 322 g/mol. The number of hydrogen-bond donors (Lipinski definition) is 1. The summed E-state index contributed by atoms with van der Waals surface area (Å²) in [6.07, 6.45) is 3.48. The Morgan fingerprint density at radius 3 is 2.33 bits per heavy atom. The van der Waals surface area contributed by atoms with Crippen LogP contribution in [0.25, 0.3) is 0 Å². The fraction of sp³-hybridized carbons (Fsp3) is 1.00. The third-order valence-electron chi connectivity index (χ3n) is 1.62. The van der Waals surface area contributed by atoms with E-state index in [0.717, 1.165) is 6.42 Å².